The van der Waals surface area contributed by atoms with E-state index in [1.807, 2.05) is 17.0 Å². The molecule has 1 aliphatic heterocycles. The normalized spacial score (nSPS) is 17.9. The molecule has 110 valence electrons. The molecular formula is C17H25NO2. The van der Waals surface area contributed by atoms with Crippen LogP contribution in [0.3, 0.4) is 0 Å². The number of hydrogen-bond acceptors (Lipinski definition) is 2. The summed E-state index contributed by atoms with van der Waals surface area (Å²) in [7, 11) is 1.68. The molecule has 1 saturated heterocycles. The first-order valence-corrected chi connectivity index (χ1v) is 7.60. The lowest BCUT2D eigenvalue weighted by Crippen LogP contribution is -2.35. The van der Waals surface area contributed by atoms with E-state index in [4.69, 9.17) is 4.74 Å². The maximum atomic E-state index is 12.6. The smallest absolute Gasteiger partial charge is 0.226 e. The molecule has 1 heterocycles. The van der Waals surface area contributed by atoms with Crippen molar-refractivity contribution in [1.29, 1.82) is 0 Å². The predicted molar refractivity (Wildman–Crippen MR) is 81.0 cm³/mol. The van der Waals surface area contributed by atoms with Crippen LogP contribution in [0, 0.1) is 5.92 Å². The minimum atomic E-state index is 0.0326. The Bertz CT molecular complexity index is 452. The molecule has 0 spiro atoms. The summed E-state index contributed by atoms with van der Waals surface area (Å²) in [5.74, 6) is 1.46. The van der Waals surface area contributed by atoms with Crippen molar-refractivity contribution < 1.29 is 9.53 Å². The second-order valence-electron chi connectivity index (χ2n) is 5.61. The van der Waals surface area contributed by atoms with Crippen molar-refractivity contribution in [2.24, 2.45) is 5.92 Å². The van der Waals surface area contributed by atoms with Crippen LogP contribution in [-0.2, 0) is 4.79 Å². The third kappa shape index (κ3) is 3.14. The van der Waals surface area contributed by atoms with Gasteiger partial charge in [0.2, 0.25) is 5.91 Å². The first-order valence-electron chi connectivity index (χ1n) is 7.60. The van der Waals surface area contributed by atoms with Crippen molar-refractivity contribution in [3.05, 3.63) is 29.8 Å². The van der Waals surface area contributed by atoms with Crippen molar-refractivity contribution in [2.75, 3.05) is 20.2 Å². The summed E-state index contributed by atoms with van der Waals surface area (Å²) in [5, 5.41) is 0. The Labute approximate surface area is 121 Å². The number of benzene rings is 1. The Balaban J connectivity index is 2.15. The van der Waals surface area contributed by atoms with Crippen LogP contribution in [-0.4, -0.2) is 31.0 Å². The lowest BCUT2D eigenvalue weighted by molar-refractivity contribution is -0.134. The van der Waals surface area contributed by atoms with Crippen LogP contribution in [0.5, 0.6) is 5.75 Å². The second-order valence-corrected chi connectivity index (χ2v) is 5.61. The van der Waals surface area contributed by atoms with E-state index in [9.17, 15) is 4.79 Å². The molecule has 1 amide bonds. The van der Waals surface area contributed by atoms with Gasteiger partial charge in [-0.2, -0.15) is 0 Å². The zero-order chi connectivity index (χ0) is 14.5. The topological polar surface area (TPSA) is 29.5 Å². The fraction of sp³-hybridized carbons (Fsp3) is 0.588. The molecule has 0 aromatic heterocycles. The summed E-state index contributed by atoms with van der Waals surface area (Å²) < 4.78 is 5.29. The van der Waals surface area contributed by atoms with Gasteiger partial charge in [-0.25, -0.2) is 0 Å². The molecule has 2 rings (SSSR count). The second kappa shape index (κ2) is 6.78. The number of ether oxygens (including phenoxy) is 1. The standard InChI is InChI=1S/C17H25NO2/c1-4-16(14-8-7-9-15(12-14)20-3)13(2)17(19)18-10-5-6-11-18/h7-9,12-13,16H,4-6,10-11H2,1-3H3. The van der Waals surface area contributed by atoms with Gasteiger partial charge in [-0.1, -0.05) is 26.0 Å². The zero-order valence-electron chi connectivity index (χ0n) is 12.8. The molecule has 0 N–H and O–H groups in total. The number of amides is 1. The molecule has 1 aliphatic rings. The van der Waals surface area contributed by atoms with Crippen LogP contribution in [0.15, 0.2) is 24.3 Å². The van der Waals surface area contributed by atoms with E-state index >= 15 is 0 Å². The van der Waals surface area contributed by atoms with Gasteiger partial charge in [0.25, 0.3) is 0 Å². The predicted octanol–water partition coefficient (Wildman–Crippen LogP) is 3.45. The van der Waals surface area contributed by atoms with Gasteiger partial charge >= 0.3 is 0 Å². The maximum Gasteiger partial charge on any atom is 0.226 e. The largest absolute Gasteiger partial charge is 0.497 e. The first kappa shape index (κ1) is 14.9. The van der Waals surface area contributed by atoms with Crippen molar-refractivity contribution >= 4 is 5.91 Å². The molecule has 0 radical (unpaired) electrons. The molecule has 1 fully saturated rings. The number of hydrogen-bond donors (Lipinski definition) is 0. The number of carbonyl (C=O) groups excluding carboxylic acids is 1. The molecule has 3 nitrogen and oxygen atoms in total. The van der Waals surface area contributed by atoms with E-state index in [0.717, 1.165) is 38.1 Å². The SMILES string of the molecule is CCC(c1cccc(OC)c1)C(C)C(=O)N1CCCC1. The Kier molecular flexibility index (Phi) is 5.05. The van der Waals surface area contributed by atoms with Crippen LogP contribution < -0.4 is 4.74 Å². The van der Waals surface area contributed by atoms with Crippen LogP contribution in [0.2, 0.25) is 0 Å². The third-order valence-corrected chi connectivity index (χ3v) is 4.37. The minimum Gasteiger partial charge on any atom is -0.497 e. The zero-order valence-corrected chi connectivity index (χ0v) is 12.8. The van der Waals surface area contributed by atoms with Gasteiger partial charge in [0, 0.05) is 19.0 Å². The number of methoxy groups -OCH3 is 1. The Hall–Kier alpha value is -1.51. The average Bonchev–Trinajstić information content (AvgIpc) is 3.01. The molecule has 2 atom stereocenters. The molecule has 1 aromatic carbocycles. The van der Waals surface area contributed by atoms with E-state index in [2.05, 4.69) is 26.0 Å². The van der Waals surface area contributed by atoms with E-state index in [-0.39, 0.29) is 11.8 Å². The van der Waals surface area contributed by atoms with Gasteiger partial charge in [0.1, 0.15) is 5.75 Å². The van der Waals surface area contributed by atoms with Crippen LogP contribution in [0.1, 0.15) is 44.6 Å². The van der Waals surface area contributed by atoms with Gasteiger partial charge in [-0.15, -0.1) is 0 Å². The first-order chi connectivity index (χ1) is 9.67. The lowest BCUT2D eigenvalue weighted by atomic mass is 9.84. The van der Waals surface area contributed by atoms with Crippen LogP contribution in [0.4, 0.5) is 0 Å². The molecule has 2 unspecified atom stereocenters. The molecule has 0 bridgehead atoms. The fourth-order valence-electron chi connectivity index (χ4n) is 3.15. The summed E-state index contributed by atoms with van der Waals surface area (Å²) in [6.45, 7) is 6.07. The highest BCUT2D eigenvalue weighted by atomic mass is 16.5. The summed E-state index contributed by atoms with van der Waals surface area (Å²) in [4.78, 5) is 14.6. The Morgan fingerprint density at radius 3 is 2.65 bits per heavy atom. The quantitative estimate of drug-likeness (QED) is 0.823. The van der Waals surface area contributed by atoms with Crippen molar-refractivity contribution in [2.45, 2.75) is 39.0 Å². The number of rotatable bonds is 5. The fourth-order valence-corrected chi connectivity index (χ4v) is 3.15. The number of carbonyl (C=O) groups is 1. The molecule has 1 aromatic rings. The van der Waals surface area contributed by atoms with E-state index < -0.39 is 0 Å². The average molecular weight is 275 g/mol. The van der Waals surface area contributed by atoms with Crippen molar-refractivity contribution in [3.63, 3.8) is 0 Å². The van der Waals surface area contributed by atoms with E-state index in [0.29, 0.717) is 5.91 Å². The van der Waals surface area contributed by atoms with E-state index in [1.54, 1.807) is 7.11 Å². The highest BCUT2D eigenvalue weighted by Crippen LogP contribution is 2.32. The number of nitrogens with zero attached hydrogens (tertiary/aromatic N) is 1. The van der Waals surface area contributed by atoms with Gasteiger partial charge in [-0.3, -0.25) is 4.79 Å². The van der Waals surface area contributed by atoms with E-state index in [1.165, 1.54) is 5.56 Å². The summed E-state index contributed by atoms with van der Waals surface area (Å²) in [5.41, 5.74) is 1.20. The number of likely N-dealkylation sites (tertiary alicyclic amines) is 1. The lowest BCUT2D eigenvalue weighted by Gasteiger charge is -2.27. The van der Waals surface area contributed by atoms with Crippen LogP contribution in [0.25, 0.3) is 0 Å². The summed E-state index contributed by atoms with van der Waals surface area (Å²) in [6, 6.07) is 8.11. The summed E-state index contributed by atoms with van der Waals surface area (Å²) in [6.07, 6.45) is 3.26. The molecule has 3 heteroatoms. The Morgan fingerprint density at radius 2 is 2.05 bits per heavy atom. The summed E-state index contributed by atoms with van der Waals surface area (Å²) >= 11 is 0. The molecule has 20 heavy (non-hydrogen) atoms. The maximum absolute atomic E-state index is 12.6. The van der Waals surface area contributed by atoms with Gasteiger partial charge in [-0.05, 0) is 42.9 Å². The third-order valence-electron chi connectivity index (χ3n) is 4.37. The van der Waals surface area contributed by atoms with Crippen molar-refractivity contribution in [3.8, 4) is 5.75 Å². The van der Waals surface area contributed by atoms with Gasteiger partial charge in [0.15, 0.2) is 0 Å². The van der Waals surface area contributed by atoms with Gasteiger partial charge in [0.05, 0.1) is 7.11 Å². The monoisotopic (exact) mass is 275 g/mol. The highest BCUT2D eigenvalue weighted by molar-refractivity contribution is 5.79. The van der Waals surface area contributed by atoms with Crippen molar-refractivity contribution in [1.82, 2.24) is 4.90 Å². The molecular weight excluding hydrogens is 250 g/mol. The minimum absolute atomic E-state index is 0.0326. The highest BCUT2D eigenvalue weighted by Gasteiger charge is 2.29. The molecule has 0 aliphatic carbocycles. The van der Waals surface area contributed by atoms with Crippen LogP contribution >= 0.6 is 0 Å². The molecule has 0 saturated carbocycles. The Morgan fingerprint density at radius 1 is 1.35 bits per heavy atom. The van der Waals surface area contributed by atoms with Gasteiger partial charge < -0.3 is 9.64 Å².